The highest BCUT2D eigenvalue weighted by molar-refractivity contribution is 5.95. The number of rotatable bonds is 4. The first kappa shape index (κ1) is 14.2. The van der Waals surface area contributed by atoms with Crippen LogP contribution < -0.4 is 10.5 Å². The zero-order chi connectivity index (χ0) is 15.4. The molecule has 0 spiro atoms. The molecular weight excluding hydrogens is 283 g/mol. The SMILES string of the molecule is NC(=NO)c1cccc(Oc2ccc([N+](=O)[O-])c(F)c2)n1. The Kier molecular flexibility index (Phi) is 3.93. The second kappa shape index (κ2) is 5.82. The van der Waals surface area contributed by atoms with E-state index in [1.54, 1.807) is 0 Å². The van der Waals surface area contributed by atoms with Crippen LogP contribution in [0.4, 0.5) is 10.1 Å². The minimum atomic E-state index is -1.02. The summed E-state index contributed by atoms with van der Waals surface area (Å²) in [5, 5.41) is 21.9. The average molecular weight is 292 g/mol. The number of nitrogens with two attached hydrogens (primary N) is 1. The highest BCUT2D eigenvalue weighted by Crippen LogP contribution is 2.25. The van der Waals surface area contributed by atoms with Crippen molar-refractivity contribution in [2.45, 2.75) is 0 Å². The Labute approximate surface area is 117 Å². The fourth-order valence-electron chi connectivity index (χ4n) is 1.49. The number of pyridine rings is 1. The van der Waals surface area contributed by atoms with Gasteiger partial charge in [0.1, 0.15) is 11.4 Å². The number of hydrogen-bond acceptors (Lipinski definition) is 6. The zero-order valence-corrected chi connectivity index (χ0v) is 10.4. The Balaban J connectivity index is 2.26. The molecule has 0 unspecified atom stereocenters. The van der Waals surface area contributed by atoms with Crippen molar-refractivity contribution in [2.75, 3.05) is 0 Å². The lowest BCUT2D eigenvalue weighted by molar-refractivity contribution is -0.387. The number of ether oxygens (including phenoxy) is 1. The summed E-state index contributed by atoms with van der Waals surface area (Å²) in [4.78, 5) is 13.6. The van der Waals surface area contributed by atoms with Crippen molar-refractivity contribution in [3.63, 3.8) is 0 Å². The molecule has 0 aliphatic rings. The van der Waals surface area contributed by atoms with Crippen molar-refractivity contribution in [2.24, 2.45) is 10.9 Å². The molecule has 0 saturated heterocycles. The smallest absolute Gasteiger partial charge is 0.305 e. The summed E-state index contributed by atoms with van der Waals surface area (Å²) in [6.07, 6.45) is 0. The third-order valence-corrected chi connectivity index (χ3v) is 2.43. The summed E-state index contributed by atoms with van der Waals surface area (Å²) in [5.41, 5.74) is 4.89. The summed E-state index contributed by atoms with van der Waals surface area (Å²) < 4.78 is 18.7. The summed E-state index contributed by atoms with van der Waals surface area (Å²) in [5.74, 6) is -1.14. The van der Waals surface area contributed by atoms with Crippen molar-refractivity contribution in [1.82, 2.24) is 4.98 Å². The molecule has 3 N–H and O–H groups in total. The first-order valence-electron chi connectivity index (χ1n) is 5.58. The van der Waals surface area contributed by atoms with Crippen molar-refractivity contribution in [3.05, 3.63) is 58.0 Å². The van der Waals surface area contributed by atoms with Crippen LogP contribution in [0.15, 0.2) is 41.6 Å². The monoisotopic (exact) mass is 292 g/mol. The fourth-order valence-corrected chi connectivity index (χ4v) is 1.49. The molecule has 2 aromatic rings. The minimum Gasteiger partial charge on any atom is -0.439 e. The Bertz CT molecular complexity index is 720. The van der Waals surface area contributed by atoms with E-state index in [0.717, 1.165) is 12.1 Å². The van der Waals surface area contributed by atoms with E-state index in [9.17, 15) is 14.5 Å². The van der Waals surface area contributed by atoms with Crippen LogP contribution in [0.1, 0.15) is 5.69 Å². The molecule has 1 aromatic carbocycles. The highest BCUT2D eigenvalue weighted by Gasteiger charge is 2.15. The number of hydrogen-bond donors (Lipinski definition) is 2. The molecule has 0 radical (unpaired) electrons. The average Bonchev–Trinajstić information content (AvgIpc) is 2.46. The topological polar surface area (TPSA) is 124 Å². The molecule has 0 amide bonds. The van der Waals surface area contributed by atoms with Gasteiger partial charge in [-0.25, -0.2) is 4.98 Å². The molecule has 2 rings (SSSR count). The molecule has 0 atom stereocenters. The van der Waals surface area contributed by atoms with Gasteiger partial charge in [-0.15, -0.1) is 0 Å². The van der Waals surface area contributed by atoms with E-state index in [4.69, 9.17) is 15.7 Å². The fraction of sp³-hybridized carbons (Fsp3) is 0. The molecule has 8 nitrogen and oxygen atoms in total. The molecular formula is C12H9FN4O4. The zero-order valence-electron chi connectivity index (χ0n) is 10.4. The molecule has 0 aliphatic carbocycles. The minimum absolute atomic E-state index is 0.0299. The molecule has 0 fully saturated rings. The van der Waals surface area contributed by atoms with Crippen molar-refractivity contribution < 1.29 is 19.3 Å². The van der Waals surface area contributed by atoms with E-state index in [2.05, 4.69) is 10.1 Å². The first-order chi connectivity index (χ1) is 10.0. The molecule has 9 heteroatoms. The van der Waals surface area contributed by atoms with Gasteiger partial charge in [-0.3, -0.25) is 10.1 Å². The number of nitro benzene ring substituents is 1. The largest absolute Gasteiger partial charge is 0.439 e. The number of nitro groups is 1. The first-order valence-corrected chi connectivity index (χ1v) is 5.58. The predicted molar refractivity (Wildman–Crippen MR) is 69.9 cm³/mol. The summed E-state index contributed by atoms with van der Waals surface area (Å²) in [6, 6.07) is 7.58. The third-order valence-electron chi connectivity index (χ3n) is 2.43. The normalized spacial score (nSPS) is 11.2. The van der Waals surface area contributed by atoms with Crippen molar-refractivity contribution >= 4 is 11.5 Å². The van der Waals surface area contributed by atoms with Gasteiger partial charge in [0.05, 0.1) is 4.92 Å². The third kappa shape index (κ3) is 3.21. The van der Waals surface area contributed by atoms with Gasteiger partial charge < -0.3 is 15.7 Å². The number of benzene rings is 1. The van der Waals surface area contributed by atoms with Crippen LogP contribution in [0.2, 0.25) is 0 Å². The lowest BCUT2D eigenvalue weighted by Crippen LogP contribution is -2.14. The van der Waals surface area contributed by atoms with E-state index >= 15 is 0 Å². The predicted octanol–water partition coefficient (Wildman–Crippen LogP) is 2.02. The second-order valence-electron chi connectivity index (χ2n) is 3.82. The molecule has 1 aromatic heterocycles. The lowest BCUT2D eigenvalue weighted by atomic mass is 10.3. The van der Waals surface area contributed by atoms with E-state index in [1.807, 2.05) is 0 Å². The molecule has 21 heavy (non-hydrogen) atoms. The van der Waals surface area contributed by atoms with E-state index in [-0.39, 0.29) is 23.2 Å². The van der Waals surface area contributed by atoms with Crippen LogP contribution in [0.25, 0.3) is 0 Å². The maximum atomic E-state index is 13.5. The standard InChI is InChI=1S/C12H9FN4O4/c13-8-6-7(4-5-10(8)17(19)20)21-11-3-1-2-9(15-11)12(14)16-18/h1-6,18H,(H2,14,16). The summed E-state index contributed by atoms with van der Waals surface area (Å²) in [7, 11) is 0. The van der Waals surface area contributed by atoms with Gasteiger partial charge in [-0.2, -0.15) is 4.39 Å². The number of aromatic nitrogens is 1. The van der Waals surface area contributed by atoms with Gasteiger partial charge in [0, 0.05) is 18.2 Å². The van der Waals surface area contributed by atoms with Gasteiger partial charge >= 0.3 is 5.69 Å². The lowest BCUT2D eigenvalue weighted by Gasteiger charge is -2.06. The molecule has 0 saturated carbocycles. The van der Waals surface area contributed by atoms with Gasteiger partial charge in [-0.1, -0.05) is 11.2 Å². The van der Waals surface area contributed by atoms with Crippen molar-refractivity contribution in [1.29, 1.82) is 0 Å². The van der Waals surface area contributed by atoms with Gasteiger partial charge in [-0.05, 0) is 12.1 Å². The summed E-state index contributed by atoms with van der Waals surface area (Å²) >= 11 is 0. The van der Waals surface area contributed by atoms with E-state index in [1.165, 1.54) is 24.3 Å². The van der Waals surface area contributed by atoms with Crippen LogP contribution in [0.3, 0.4) is 0 Å². The Morgan fingerprint density at radius 3 is 2.81 bits per heavy atom. The molecule has 108 valence electrons. The number of halogens is 1. The van der Waals surface area contributed by atoms with Crippen LogP contribution in [-0.4, -0.2) is 21.0 Å². The van der Waals surface area contributed by atoms with E-state index < -0.39 is 16.4 Å². The molecule has 0 bridgehead atoms. The van der Waals surface area contributed by atoms with E-state index in [0.29, 0.717) is 0 Å². The number of nitrogens with zero attached hydrogens (tertiary/aromatic N) is 3. The molecule has 1 heterocycles. The van der Waals surface area contributed by atoms with Gasteiger partial charge in [0.25, 0.3) is 0 Å². The van der Waals surface area contributed by atoms with Crippen LogP contribution in [0.5, 0.6) is 11.6 Å². The maximum absolute atomic E-state index is 13.5. The van der Waals surface area contributed by atoms with Crippen LogP contribution in [-0.2, 0) is 0 Å². The van der Waals surface area contributed by atoms with Crippen molar-refractivity contribution in [3.8, 4) is 11.6 Å². The van der Waals surface area contributed by atoms with Gasteiger partial charge in [0.2, 0.25) is 11.7 Å². The molecule has 0 aliphatic heterocycles. The highest BCUT2D eigenvalue weighted by atomic mass is 19.1. The number of oxime groups is 1. The van der Waals surface area contributed by atoms with Crippen LogP contribution in [0, 0.1) is 15.9 Å². The quantitative estimate of drug-likeness (QED) is 0.292. The van der Waals surface area contributed by atoms with Crippen LogP contribution >= 0.6 is 0 Å². The van der Waals surface area contributed by atoms with Gasteiger partial charge in [0.15, 0.2) is 5.84 Å². The second-order valence-corrected chi connectivity index (χ2v) is 3.82. The summed E-state index contributed by atoms with van der Waals surface area (Å²) in [6.45, 7) is 0. The Morgan fingerprint density at radius 1 is 1.43 bits per heavy atom. The Morgan fingerprint density at radius 2 is 2.19 bits per heavy atom. The number of amidine groups is 1. The maximum Gasteiger partial charge on any atom is 0.305 e. The Hall–Kier alpha value is -3.23.